The van der Waals surface area contributed by atoms with E-state index in [9.17, 15) is 9.59 Å². The van der Waals surface area contributed by atoms with E-state index in [4.69, 9.17) is 4.98 Å². The van der Waals surface area contributed by atoms with Crippen LogP contribution in [-0.4, -0.2) is 27.9 Å². The molecule has 0 bridgehead atoms. The summed E-state index contributed by atoms with van der Waals surface area (Å²) in [6.07, 6.45) is 2.85. The Hall–Kier alpha value is -2.67. The zero-order chi connectivity index (χ0) is 20.6. The second kappa shape index (κ2) is 10.2. The Bertz CT molecular complexity index is 982. The van der Waals surface area contributed by atoms with Crippen molar-refractivity contribution in [3.05, 3.63) is 58.8 Å². The molecule has 2 N–H and O–H groups in total. The summed E-state index contributed by atoms with van der Waals surface area (Å²) in [7, 11) is 0. The predicted octanol–water partition coefficient (Wildman–Crippen LogP) is 4.29. The lowest BCUT2D eigenvalue weighted by atomic mass is 10.2. The Morgan fingerprint density at radius 3 is 2.59 bits per heavy atom. The molecule has 0 fully saturated rings. The highest BCUT2D eigenvalue weighted by molar-refractivity contribution is 9.10. The molecule has 0 aliphatic rings. The molecular formula is C22H25BrN4O2. The van der Waals surface area contributed by atoms with Crippen LogP contribution in [0.5, 0.6) is 0 Å². The van der Waals surface area contributed by atoms with Gasteiger partial charge in [-0.05, 0) is 49.2 Å². The average Bonchev–Trinajstić information content (AvgIpc) is 3.05. The van der Waals surface area contributed by atoms with E-state index in [0.29, 0.717) is 19.4 Å². The molecule has 6 nitrogen and oxygen atoms in total. The Balaban J connectivity index is 1.68. The third-order valence-corrected chi connectivity index (χ3v) is 5.07. The molecule has 0 spiro atoms. The number of carbonyl (C=O) groups excluding carboxylic acids is 2. The summed E-state index contributed by atoms with van der Waals surface area (Å²) in [6.45, 7) is 2.78. The Morgan fingerprint density at radius 2 is 1.83 bits per heavy atom. The van der Waals surface area contributed by atoms with Crippen LogP contribution < -0.4 is 10.6 Å². The molecule has 7 heteroatoms. The zero-order valence-electron chi connectivity index (χ0n) is 16.5. The molecule has 3 aromatic rings. The third-order valence-electron chi connectivity index (χ3n) is 4.54. The molecular weight excluding hydrogens is 432 g/mol. The number of carbonyl (C=O) groups is 2. The van der Waals surface area contributed by atoms with Gasteiger partial charge in [0.1, 0.15) is 12.4 Å². The molecule has 0 aliphatic carbocycles. The van der Waals surface area contributed by atoms with E-state index in [2.05, 4.69) is 26.6 Å². The number of rotatable bonds is 9. The fraction of sp³-hybridized carbons (Fsp3) is 0.318. The number of hydrogen-bond acceptors (Lipinski definition) is 3. The molecule has 152 valence electrons. The molecule has 0 unspecified atom stereocenters. The fourth-order valence-electron chi connectivity index (χ4n) is 3.16. The normalized spacial score (nSPS) is 10.8. The first kappa shape index (κ1) is 21.0. The summed E-state index contributed by atoms with van der Waals surface area (Å²) in [5.74, 6) is 0.824. The summed E-state index contributed by atoms with van der Waals surface area (Å²) < 4.78 is 2.92. The lowest BCUT2D eigenvalue weighted by molar-refractivity contribution is -0.121. The van der Waals surface area contributed by atoms with E-state index in [-0.39, 0.29) is 18.4 Å². The van der Waals surface area contributed by atoms with Gasteiger partial charge in [0.15, 0.2) is 0 Å². The van der Waals surface area contributed by atoms with Crippen LogP contribution in [0, 0.1) is 0 Å². The first-order chi connectivity index (χ1) is 14.1. The van der Waals surface area contributed by atoms with Crippen molar-refractivity contribution in [3.63, 3.8) is 0 Å². The minimum atomic E-state index is -0.104. The van der Waals surface area contributed by atoms with Gasteiger partial charge in [-0.25, -0.2) is 4.98 Å². The van der Waals surface area contributed by atoms with Crippen molar-refractivity contribution in [1.82, 2.24) is 14.9 Å². The van der Waals surface area contributed by atoms with Crippen LogP contribution in [0.3, 0.4) is 0 Å². The summed E-state index contributed by atoms with van der Waals surface area (Å²) in [4.78, 5) is 28.9. The lowest BCUT2D eigenvalue weighted by Crippen LogP contribution is -2.25. The zero-order valence-corrected chi connectivity index (χ0v) is 18.0. The fourth-order valence-corrected chi connectivity index (χ4v) is 3.42. The van der Waals surface area contributed by atoms with Gasteiger partial charge in [-0.2, -0.15) is 0 Å². The van der Waals surface area contributed by atoms with Crippen molar-refractivity contribution >= 4 is 44.5 Å². The number of benzene rings is 2. The quantitative estimate of drug-likeness (QED) is 0.471. The van der Waals surface area contributed by atoms with Crippen molar-refractivity contribution in [2.24, 2.45) is 0 Å². The Labute approximate surface area is 178 Å². The maximum atomic E-state index is 12.6. The van der Waals surface area contributed by atoms with Gasteiger partial charge in [0.25, 0.3) is 0 Å². The molecule has 1 heterocycles. The van der Waals surface area contributed by atoms with Crippen molar-refractivity contribution < 1.29 is 9.59 Å². The largest absolute Gasteiger partial charge is 0.356 e. The molecule has 1 aromatic heterocycles. The minimum Gasteiger partial charge on any atom is -0.356 e. The van der Waals surface area contributed by atoms with Crippen molar-refractivity contribution in [3.8, 4) is 0 Å². The minimum absolute atomic E-state index is 0.0786. The number of anilines is 1. The number of halogens is 1. The molecule has 0 aliphatic heterocycles. The molecule has 0 atom stereocenters. The van der Waals surface area contributed by atoms with Gasteiger partial charge in [-0.1, -0.05) is 35.0 Å². The van der Waals surface area contributed by atoms with Crippen LogP contribution in [0.15, 0.2) is 53.0 Å². The number of amides is 2. The third kappa shape index (κ3) is 5.90. The summed E-state index contributed by atoms with van der Waals surface area (Å²) in [5.41, 5.74) is 2.56. The van der Waals surface area contributed by atoms with E-state index >= 15 is 0 Å². The van der Waals surface area contributed by atoms with Gasteiger partial charge in [0, 0.05) is 29.5 Å². The van der Waals surface area contributed by atoms with Crippen LogP contribution in [0.2, 0.25) is 0 Å². The van der Waals surface area contributed by atoms with Crippen LogP contribution in [0.4, 0.5) is 5.69 Å². The highest BCUT2D eigenvalue weighted by Gasteiger charge is 2.14. The molecule has 2 aromatic carbocycles. The van der Waals surface area contributed by atoms with Crippen LogP contribution >= 0.6 is 15.9 Å². The average molecular weight is 457 g/mol. The summed E-state index contributed by atoms with van der Waals surface area (Å²) >= 11 is 3.39. The topological polar surface area (TPSA) is 76.0 Å². The molecule has 0 saturated carbocycles. The maximum Gasteiger partial charge on any atom is 0.244 e. The van der Waals surface area contributed by atoms with Gasteiger partial charge >= 0.3 is 0 Å². The van der Waals surface area contributed by atoms with Crippen molar-refractivity contribution in [2.75, 3.05) is 11.9 Å². The SMILES string of the molecule is CCCC(=O)NCCCc1nc2ccccc2n1CC(=O)Nc1ccc(Br)cc1. The van der Waals surface area contributed by atoms with Crippen molar-refractivity contribution in [2.45, 2.75) is 39.2 Å². The standard InChI is InChI=1S/C22H25BrN4O2/c1-2-6-21(28)24-14-5-9-20-26-18-7-3-4-8-19(18)27(20)15-22(29)25-17-12-10-16(23)11-13-17/h3-4,7-8,10-13H,2,5-6,9,14-15H2,1H3,(H,24,28)(H,25,29). The molecule has 29 heavy (non-hydrogen) atoms. The van der Waals surface area contributed by atoms with Gasteiger partial charge in [-0.15, -0.1) is 0 Å². The molecule has 0 saturated heterocycles. The number of para-hydroxylation sites is 2. The van der Waals surface area contributed by atoms with E-state index in [0.717, 1.165) is 39.9 Å². The van der Waals surface area contributed by atoms with E-state index in [1.165, 1.54) is 0 Å². The van der Waals surface area contributed by atoms with E-state index in [1.54, 1.807) is 0 Å². The smallest absolute Gasteiger partial charge is 0.244 e. The number of hydrogen-bond donors (Lipinski definition) is 2. The Kier molecular flexibility index (Phi) is 7.41. The number of imidazole rings is 1. The first-order valence-electron chi connectivity index (χ1n) is 9.83. The predicted molar refractivity (Wildman–Crippen MR) is 119 cm³/mol. The summed E-state index contributed by atoms with van der Waals surface area (Å²) in [5, 5.41) is 5.86. The molecule has 3 rings (SSSR count). The molecule has 2 amide bonds. The van der Waals surface area contributed by atoms with Gasteiger partial charge in [0.2, 0.25) is 11.8 Å². The number of nitrogens with one attached hydrogen (secondary N) is 2. The highest BCUT2D eigenvalue weighted by Crippen LogP contribution is 2.18. The van der Waals surface area contributed by atoms with Crippen LogP contribution in [0.1, 0.15) is 32.0 Å². The van der Waals surface area contributed by atoms with Gasteiger partial charge < -0.3 is 15.2 Å². The number of fused-ring (bicyclic) bond motifs is 1. The second-order valence-corrected chi connectivity index (χ2v) is 7.78. The van der Waals surface area contributed by atoms with Crippen LogP contribution in [-0.2, 0) is 22.6 Å². The van der Waals surface area contributed by atoms with Gasteiger partial charge in [0.05, 0.1) is 11.0 Å². The monoisotopic (exact) mass is 456 g/mol. The van der Waals surface area contributed by atoms with Crippen LogP contribution in [0.25, 0.3) is 11.0 Å². The lowest BCUT2D eigenvalue weighted by Gasteiger charge is -2.11. The number of nitrogens with zero attached hydrogens (tertiary/aromatic N) is 2. The van der Waals surface area contributed by atoms with E-state index in [1.807, 2.05) is 60.0 Å². The second-order valence-electron chi connectivity index (χ2n) is 6.86. The van der Waals surface area contributed by atoms with Crippen molar-refractivity contribution in [1.29, 1.82) is 0 Å². The first-order valence-corrected chi connectivity index (χ1v) is 10.6. The molecule has 0 radical (unpaired) electrons. The maximum absolute atomic E-state index is 12.6. The van der Waals surface area contributed by atoms with E-state index < -0.39 is 0 Å². The highest BCUT2D eigenvalue weighted by atomic mass is 79.9. The number of aromatic nitrogens is 2. The summed E-state index contributed by atoms with van der Waals surface area (Å²) in [6, 6.07) is 15.3. The number of aryl methyl sites for hydroxylation is 1. The van der Waals surface area contributed by atoms with Gasteiger partial charge in [-0.3, -0.25) is 9.59 Å². The Morgan fingerprint density at radius 1 is 1.07 bits per heavy atom.